The van der Waals surface area contributed by atoms with Gasteiger partial charge in [0.15, 0.2) is 0 Å². The van der Waals surface area contributed by atoms with Crippen molar-refractivity contribution in [3.8, 4) is 0 Å². The van der Waals surface area contributed by atoms with Crippen molar-refractivity contribution in [3.63, 3.8) is 0 Å². The van der Waals surface area contributed by atoms with Crippen molar-refractivity contribution in [1.82, 2.24) is 14.8 Å². The van der Waals surface area contributed by atoms with Crippen molar-refractivity contribution in [2.75, 3.05) is 33.3 Å². The fourth-order valence-electron chi connectivity index (χ4n) is 5.26. The molecule has 0 radical (unpaired) electrons. The molecule has 0 aromatic heterocycles. The van der Waals surface area contributed by atoms with E-state index in [4.69, 9.17) is 15.7 Å². The van der Waals surface area contributed by atoms with E-state index >= 15 is 0 Å². The molecular formula is C28H38N6O2. The molecule has 192 valence electrons. The monoisotopic (exact) mass is 490 g/mol. The molecule has 2 aromatic rings. The summed E-state index contributed by atoms with van der Waals surface area (Å²) in [5.41, 5.74) is 10.4. The van der Waals surface area contributed by atoms with Gasteiger partial charge < -0.3 is 4.74 Å². The minimum absolute atomic E-state index is 0.161. The van der Waals surface area contributed by atoms with Gasteiger partial charge in [0.25, 0.3) is 0 Å². The number of carbonyl (C=O) groups excluding carboxylic acids is 1. The average Bonchev–Trinajstić information content (AvgIpc) is 3.12. The first kappa shape index (κ1) is 26.0. The van der Waals surface area contributed by atoms with E-state index in [9.17, 15) is 4.79 Å². The first-order chi connectivity index (χ1) is 17.6. The molecule has 36 heavy (non-hydrogen) atoms. The Balaban J connectivity index is 1.50. The number of benzene rings is 2. The highest BCUT2D eigenvalue weighted by Crippen LogP contribution is 2.26. The summed E-state index contributed by atoms with van der Waals surface area (Å²) in [6, 6.07) is 18.0. The van der Waals surface area contributed by atoms with Crippen LogP contribution >= 0.6 is 0 Å². The topological polar surface area (TPSA) is 96.1 Å². The minimum Gasteiger partial charge on any atom is -0.465 e. The molecule has 0 spiro atoms. The maximum absolute atomic E-state index is 12.0. The molecule has 2 N–H and O–H groups in total. The molecule has 1 aliphatic carbocycles. The first-order valence-electron chi connectivity index (χ1n) is 13.0. The van der Waals surface area contributed by atoms with E-state index in [1.807, 2.05) is 48.5 Å². The maximum Gasteiger partial charge on any atom is 0.337 e. The van der Waals surface area contributed by atoms with Gasteiger partial charge in [-0.3, -0.25) is 15.2 Å². The Hall–Kier alpha value is -3.10. The zero-order valence-corrected chi connectivity index (χ0v) is 21.2. The number of aryl methyl sites for hydroxylation is 1. The van der Waals surface area contributed by atoms with E-state index in [1.165, 1.54) is 31.4 Å². The van der Waals surface area contributed by atoms with Crippen LogP contribution < -0.4 is 0 Å². The fourth-order valence-corrected chi connectivity index (χ4v) is 5.26. The van der Waals surface area contributed by atoms with Crippen LogP contribution in [0.5, 0.6) is 0 Å². The van der Waals surface area contributed by atoms with Gasteiger partial charge in [-0.15, -0.1) is 0 Å². The van der Waals surface area contributed by atoms with E-state index in [2.05, 4.69) is 15.0 Å². The molecule has 2 aliphatic rings. The van der Waals surface area contributed by atoms with E-state index in [-0.39, 0.29) is 12.0 Å². The third-order valence-electron chi connectivity index (χ3n) is 7.54. The maximum atomic E-state index is 12.0. The quantitative estimate of drug-likeness (QED) is 0.165. The smallest absolute Gasteiger partial charge is 0.337 e. The van der Waals surface area contributed by atoms with E-state index in [0.717, 1.165) is 56.2 Å². The molecule has 8 nitrogen and oxygen atoms in total. The van der Waals surface area contributed by atoms with E-state index in [0.29, 0.717) is 24.4 Å². The molecule has 2 fully saturated rings. The highest BCUT2D eigenvalue weighted by molar-refractivity contribution is 5.89. The second-order valence-corrected chi connectivity index (χ2v) is 9.79. The Kier molecular flexibility index (Phi) is 9.19. The summed E-state index contributed by atoms with van der Waals surface area (Å²) in [7, 11) is 1.39. The third-order valence-corrected chi connectivity index (χ3v) is 7.54. The number of hydrogen-bond acceptors (Lipinski definition) is 7. The average molecular weight is 491 g/mol. The summed E-state index contributed by atoms with van der Waals surface area (Å²) in [4.78, 5) is 17.0. The second kappa shape index (κ2) is 12.7. The molecule has 1 atom stereocenters. The molecule has 8 heteroatoms. The van der Waals surface area contributed by atoms with Gasteiger partial charge in [0.1, 0.15) is 5.84 Å². The zero-order valence-electron chi connectivity index (χ0n) is 21.2. The van der Waals surface area contributed by atoms with Gasteiger partial charge >= 0.3 is 5.97 Å². The Labute approximate surface area is 214 Å². The first-order valence-corrected chi connectivity index (χ1v) is 13.0. The lowest BCUT2D eigenvalue weighted by atomic mass is 9.91. The predicted octanol–water partition coefficient (Wildman–Crippen LogP) is 4.76. The van der Waals surface area contributed by atoms with Crippen LogP contribution in [0.1, 0.15) is 53.6 Å². The summed E-state index contributed by atoms with van der Waals surface area (Å²) < 4.78 is 4.88. The number of rotatable bonds is 10. The van der Waals surface area contributed by atoms with Crippen molar-refractivity contribution in [1.29, 1.82) is 10.9 Å². The number of carbonyl (C=O) groups is 1. The number of nitrogens with one attached hydrogen (secondary N) is 2. The van der Waals surface area contributed by atoms with Crippen molar-refractivity contribution in [3.05, 3.63) is 71.3 Å². The lowest BCUT2D eigenvalue weighted by Gasteiger charge is -2.37. The number of hydrogen-bond donors (Lipinski definition) is 2. The van der Waals surface area contributed by atoms with Crippen molar-refractivity contribution < 1.29 is 9.53 Å². The molecule has 1 heterocycles. The molecule has 4 rings (SSSR count). The molecule has 1 saturated heterocycles. The van der Waals surface area contributed by atoms with Crippen molar-refractivity contribution >= 4 is 11.8 Å². The highest BCUT2D eigenvalue weighted by atomic mass is 16.5. The van der Waals surface area contributed by atoms with Gasteiger partial charge in [0.2, 0.25) is 0 Å². The SMILES string of the molecule is COC(=O)c1cccc(CCC(C(=N)N(Cc2ccccc2)N=N)N2CCCN(C3CCC3)CC2)c1. The van der Waals surface area contributed by atoms with Crippen LogP contribution in [0.4, 0.5) is 0 Å². The number of ether oxygens (including phenoxy) is 1. The molecule has 1 unspecified atom stereocenters. The largest absolute Gasteiger partial charge is 0.465 e. The van der Waals surface area contributed by atoms with Gasteiger partial charge in [-0.25, -0.2) is 9.80 Å². The van der Waals surface area contributed by atoms with Crippen LogP contribution in [0.3, 0.4) is 0 Å². The lowest BCUT2D eigenvalue weighted by Crippen LogP contribution is -2.49. The Morgan fingerprint density at radius 2 is 1.83 bits per heavy atom. The summed E-state index contributed by atoms with van der Waals surface area (Å²) in [5, 5.41) is 14.4. The van der Waals surface area contributed by atoms with Crippen LogP contribution in [0.25, 0.3) is 0 Å². The van der Waals surface area contributed by atoms with Crippen LogP contribution in [-0.2, 0) is 17.7 Å². The Bertz CT molecular complexity index is 1030. The molecule has 1 aliphatic heterocycles. The summed E-state index contributed by atoms with van der Waals surface area (Å²) in [5.74, 6) is 0.0156. The van der Waals surface area contributed by atoms with Crippen LogP contribution in [0, 0.1) is 10.9 Å². The molecule has 0 amide bonds. The van der Waals surface area contributed by atoms with Gasteiger partial charge in [0.05, 0.1) is 25.3 Å². The van der Waals surface area contributed by atoms with Gasteiger partial charge in [-0.1, -0.05) is 54.1 Å². The van der Waals surface area contributed by atoms with E-state index in [1.54, 1.807) is 6.07 Å². The van der Waals surface area contributed by atoms with Crippen LogP contribution in [0.15, 0.2) is 59.8 Å². The zero-order chi connectivity index (χ0) is 25.3. The molecule has 1 saturated carbocycles. The van der Waals surface area contributed by atoms with Crippen molar-refractivity contribution in [2.24, 2.45) is 5.22 Å². The summed E-state index contributed by atoms with van der Waals surface area (Å²) in [6.07, 6.45) is 6.46. The standard InChI is InChI=1S/C28H38N6O2/c1-36-28(35)24-11-5-10-22(20-24)14-15-26(27(29)34(31-30)21-23-8-3-2-4-9-23)33-17-7-16-32(18-19-33)25-12-6-13-25/h2-5,8-11,20,25-26,29-30H,6-7,12-19,21H2,1H3. The molecular weight excluding hydrogens is 452 g/mol. The number of nitrogens with zero attached hydrogens (tertiary/aromatic N) is 4. The van der Waals surface area contributed by atoms with Gasteiger partial charge in [-0.05, 0) is 61.9 Å². The van der Waals surface area contributed by atoms with Crippen LogP contribution in [-0.4, -0.2) is 72.0 Å². The highest BCUT2D eigenvalue weighted by Gasteiger charge is 2.31. The minimum atomic E-state index is -0.341. The number of esters is 1. The lowest BCUT2D eigenvalue weighted by molar-refractivity contribution is 0.0600. The van der Waals surface area contributed by atoms with Crippen LogP contribution in [0.2, 0.25) is 0 Å². The third kappa shape index (κ3) is 6.56. The van der Waals surface area contributed by atoms with Gasteiger partial charge in [0, 0.05) is 25.7 Å². The summed E-state index contributed by atoms with van der Waals surface area (Å²) in [6.45, 7) is 4.36. The number of amidine groups is 1. The second-order valence-electron chi connectivity index (χ2n) is 9.79. The van der Waals surface area contributed by atoms with Crippen molar-refractivity contribution in [2.45, 2.75) is 57.2 Å². The predicted molar refractivity (Wildman–Crippen MR) is 140 cm³/mol. The number of methoxy groups -OCH3 is 1. The molecule has 0 bridgehead atoms. The fraction of sp³-hybridized carbons (Fsp3) is 0.500. The van der Waals surface area contributed by atoms with Gasteiger partial charge in [-0.2, -0.15) is 5.53 Å². The normalized spacial score (nSPS) is 18.0. The Morgan fingerprint density at radius 1 is 1.06 bits per heavy atom. The van der Waals surface area contributed by atoms with E-state index < -0.39 is 0 Å². The summed E-state index contributed by atoms with van der Waals surface area (Å²) >= 11 is 0. The Morgan fingerprint density at radius 3 is 2.53 bits per heavy atom. The molecule has 2 aromatic carbocycles.